The number of nitrogens with one attached hydrogen (secondary N) is 3. The number of aromatic nitrogens is 1. The number of rotatable bonds is 3. The van der Waals surface area contributed by atoms with Gasteiger partial charge in [0.2, 0.25) is 17.8 Å². The molecular formula is C20H19N5O2S. The highest BCUT2D eigenvalue weighted by Crippen LogP contribution is 2.25. The van der Waals surface area contributed by atoms with Crippen molar-refractivity contribution in [2.75, 3.05) is 10.6 Å². The van der Waals surface area contributed by atoms with Crippen molar-refractivity contribution in [2.45, 2.75) is 26.3 Å². The summed E-state index contributed by atoms with van der Waals surface area (Å²) in [6.07, 6.45) is 0.00169. The van der Waals surface area contributed by atoms with Gasteiger partial charge in [-0.3, -0.25) is 14.9 Å². The fourth-order valence-electron chi connectivity index (χ4n) is 2.88. The molecule has 1 unspecified atom stereocenters. The number of aryl methyl sites for hydroxylation is 2. The minimum absolute atomic E-state index is 0.00169. The molecule has 7 nitrogen and oxygen atoms in total. The maximum Gasteiger partial charge on any atom is 0.249 e. The Morgan fingerprint density at radius 1 is 1.18 bits per heavy atom. The molecule has 0 spiro atoms. The Bertz CT molecular complexity index is 1070. The molecule has 0 saturated carbocycles. The number of benzene rings is 2. The highest BCUT2D eigenvalue weighted by Gasteiger charge is 2.27. The number of guanidine groups is 1. The standard InChI is InChI=1S/C20H19N5O2S/c1-11-7-8-13(9-12(11)2)21-18(27)15-10-17(26)24-19(22-15)25-20-23-14-5-3-4-6-16(14)28-20/h3-9,15H,10H2,1-2H3,(H,21,27)(H2,22,23,24,25,26). The van der Waals surface area contributed by atoms with E-state index in [0.717, 1.165) is 21.3 Å². The number of para-hydroxylation sites is 1. The van der Waals surface area contributed by atoms with Crippen LogP contribution in [0.5, 0.6) is 0 Å². The van der Waals surface area contributed by atoms with Crippen molar-refractivity contribution >= 4 is 50.1 Å². The molecule has 8 heteroatoms. The van der Waals surface area contributed by atoms with E-state index in [4.69, 9.17) is 0 Å². The smallest absolute Gasteiger partial charge is 0.249 e. The average molecular weight is 393 g/mol. The van der Waals surface area contributed by atoms with Crippen molar-refractivity contribution in [2.24, 2.45) is 4.99 Å². The third-order valence-corrected chi connectivity index (χ3v) is 5.47. The van der Waals surface area contributed by atoms with E-state index in [0.29, 0.717) is 10.8 Å². The molecule has 3 N–H and O–H groups in total. The van der Waals surface area contributed by atoms with Crippen LogP contribution in [-0.2, 0) is 9.59 Å². The maximum atomic E-state index is 12.6. The third kappa shape index (κ3) is 3.86. The Morgan fingerprint density at radius 3 is 2.79 bits per heavy atom. The summed E-state index contributed by atoms with van der Waals surface area (Å²) in [4.78, 5) is 33.5. The lowest BCUT2D eigenvalue weighted by atomic mass is 10.1. The quantitative estimate of drug-likeness (QED) is 0.637. The largest absolute Gasteiger partial charge is 0.324 e. The summed E-state index contributed by atoms with van der Waals surface area (Å²) < 4.78 is 1.02. The van der Waals surface area contributed by atoms with Gasteiger partial charge < -0.3 is 10.6 Å². The van der Waals surface area contributed by atoms with Crippen LogP contribution < -0.4 is 16.0 Å². The molecule has 4 rings (SSSR count). The number of carbonyl (C=O) groups is 2. The van der Waals surface area contributed by atoms with Gasteiger partial charge in [-0.15, -0.1) is 0 Å². The van der Waals surface area contributed by atoms with Gasteiger partial charge in [0.05, 0.1) is 16.6 Å². The Kier molecular flexibility index (Phi) is 4.79. The lowest BCUT2D eigenvalue weighted by Crippen LogP contribution is -2.45. The number of thiazole rings is 1. The molecule has 0 radical (unpaired) electrons. The van der Waals surface area contributed by atoms with Crippen LogP contribution in [0.2, 0.25) is 0 Å². The first kappa shape index (κ1) is 18.1. The van der Waals surface area contributed by atoms with Gasteiger partial charge in [-0.2, -0.15) is 0 Å². The molecule has 1 aliphatic heterocycles. The molecule has 1 atom stereocenters. The molecule has 0 fully saturated rings. The number of hydrogen-bond donors (Lipinski definition) is 3. The number of nitrogens with zero attached hydrogens (tertiary/aromatic N) is 2. The first-order chi connectivity index (χ1) is 13.5. The van der Waals surface area contributed by atoms with Crippen LogP contribution in [0.4, 0.5) is 10.8 Å². The first-order valence-corrected chi connectivity index (χ1v) is 9.68. The topological polar surface area (TPSA) is 95.5 Å². The number of anilines is 2. The van der Waals surface area contributed by atoms with E-state index in [1.807, 2.05) is 56.3 Å². The zero-order chi connectivity index (χ0) is 19.7. The molecule has 142 valence electrons. The Morgan fingerprint density at radius 2 is 2.00 bits per heavy atom. The van der Waals surface area contributed by atoms with Crippen LogP contribution in [-0.4, -0.2) is 28.8 Å². The second-order valence-corrected chi connectivity index (χ2v) is 7.68. The predicted octanol–water partition coefficient (Wildman–Crippen LogP) is 3.21. The molecule has 28 heavy (non-hydrogen) atoms. The molecule has 0 aliphatic carbocycles. The minimum atomic E-state index is -0.799. The fourth-order valence-corrected chi connectivity index (χ4v) is 3.74. The molecule has 1 aliphatic rings. The van der Waals surface area contributed by atoms with Crippen molar-refractivity contribution < 1.29 is 9.59 Å². The molecule has 2 amide bonds. The van der Waals surface area contributed by atoms with E-state index in [-0.39, 0.29) is 24.2 Å². The monoisotopic (exact) mass is 393 g/mol. The number of hydrogen-bond acceptors (Lipinski definition) is 6. The van der Waals surface area contributed by atoms with Crippen LogP contribution in [0, 0.1) is 13.8 Å². The van der Waals surface area contributed by atoms with Crippen LogP contribution in [0.1, 0.15) is 17.5 Å². The van der Waals surface area contributed by atoms with Crippen molar-refractivity contribution in [3.05, 3.63) is 53.6 Å². The van der Waals surface area contributed by atoms with E-state index in [2.05, 4.69) is 25.9 Å². The Labute approximate surface area is 165 Å². The third-order valence-electron chi connectivity index (χ3n) is 4.52. The van der Waals surface area contributed by atoms with Gasteiger partial charge in [-0.25, -0.2) is 9.98 Å². The number of fused-ring (bicyclic) bond motifs is 1. The van der Waals surface area contributed by atoms with E-state index >= 15 is 0 Å². The van der Waals surface area contributed by atoms with Crippen LogP contribution in [0.3, 0.4) is 0 Å². The SMILES string of the molecule is Cc1ccc(NC(=O)C2CC(=O)NC(Nc3nc4ccccc4s3)=N2)cc1C. The van der Waals surface area contributed by atoms with Gasteiger partial charge in [-0.1, -0.05) is 29.5 Å². The maximum absolute atomic E-state index is 12.6. The lowest BCUT2D eigenvalue weighted by molar-refractivity contribution is -0.124. The average Bonchev–Trinajstić information content (AvgIpc) is 3.06. The summed E-state index contributed by atoms with van der Waals surface area (Å²) in [7, 11) is 0. The van der Waals surface area contributed by atoms with Crippen LogP contribution in [0.25, 0.3) is 10.2 Å². The normalized spacial score (nSPS) is 16.4. The summed E-state index contributed by atoms with van der Waals surface area (Å²) in [5, 5.41) is 9.12. The Hall–Kier alpha value is -3.26. The minimum Gasteiger partial charge on any atom is -0.324 e. The van der Waals surface area contributed by atoms with Gasteiger partial charge in [0.25, 0.3) is 0 Å². The number of amides is 2. The summed E-state index contributed by atoms with van der Waals surface area (Å²) in [6.45, 7) is 3.99. The van der Waals surface area contributed by atoms with Crippen molar-refractivity contribution in [1.82, 2.24) is 10.3 Å². The molecule has 0 saturated heterocycles. The van der Waals surface area contributed by atoms with Gasteiger partial charge in [0.15, 0.2) is 5.13 Å². The molecule has 1 aromatic heterocycles. The summed E-state index contributed by atoms with van der Waals surface area (Å²) in [6, 6.07) is 12.6. The van der Waals surface area contributed by atoms with Gasteiger partial charge in [0.1, 0.15) is 6.04 Å². The van der Waals surface area contributed by atoms with E-state index in [1.165, 1.54) is 11.3 Å². The second kappa shape index (κ2) is 7.40. The highest BCUT2D eigenvalue weighted by atomic mass is 32.1. The summed E-state index contributed by atoms with van der Waals surface area (Å²) >= 11 is 1.45. The summed E-state index contributed by atoms with van der Waals surface area (Å²) in [5.41, 5.74) is 3.79. The number of aliphatic imine (C=N–C) groups is 1. The van der Waals surface area contributed by atoms with E-state index in [9.17, 15) is 9.59 Å². The molecule has 0 bridgehead atoms. The lowest BCUT2D eigenvalue weighted by Gasteiger charge is -2.20. The van der Waals surface area contributed by atoms with Crippen molar-refractivity contribution in [3.8, 4) is 0 Å². The molecular weight excluding hydrogens is 374 g/mol. The fraction of sp³-hybridized carbons (Fsp3) is 0.200. The first-order valence-electron chi connectivity index (χ1n) is 8.86. The Balaban J connectivity index is 1.51. The highest BCUT2D eigenvalue weighted by molar-refractivity contribution is 7.22. The summed E-state index contributed by atoms with van der Waals surface area (Å²) in [5.74, 6) is -0.351. The zero-order valence-corrected chi connectivity index (χ0v) is 16.3. The zero-order valence-electron chi connectivity index (χ0n) is 15.4. The van der Waals surface area contributed by atoms with Gasteiger partial charge in [-0.05, 0) is 49.2 Å². The van der Waals surface area contributed by atoms with E-state index < -0.39 is 6.04 Å². The van der Waals surface area contributed by atoms with Gasteiger partial charge in [0, 0.05) is 5.69 Å². The van der Waals surface area contributed by atoms with Gasteiger partial charge >= 0.3 is 0 Å². The molecule has 2 heterocycles. The number of carbonyl (C=O) groups excluding carboxylic acids is 2. The van der Waals surface area contributed by atoms with E-state index in [1.54, 1.807) is 0 Å². The van der Waals surface area contributed by atoms with Crippen LogP contribution in [0.15, 0.2) is 47.5 Å². The van der Waals surface area contributed by atoms with Crippen molar-refractivity contribution in [1.29, 1.82) is 0 Å². The van der Waals surface area contributed by atoms with Crippen molar-refractivity contribution in [3.63, 3.8) is 0 Å². The molecule has 2 aromatic carbocycles. The van der Waals surface area contributed by atoms with Crippen LogP contribution >= 0.6 is 11.3 Å². The second-order valence-electron chi connectivity index (χ2n) is 6.65. The predicted molar refractivity (Wildman–Crippen MR) is 112 cm³/mol. The molecule has 3 aromatic rings.